The summed E-state index contributed by atoms with van der Waals surface area (Å²) in [5.74, 6) is 1.17. The van der Waals surface area contributed by atoms with Gasteiger partial charge in [0.1, 0.15) is 5.75 Å². The lowest BCUT2D eigenvalue weighted by Gasteiger charge is -2.07. The van der Waals surface area contributed by atoms with Gasteiger partial charge in [-0.2, -0.15) is 13.2 Å². The van der Waals surface area contributed by atoms with Crippen LogP contribution in [0.1, 0.15) is 16.7 Å². The van der Waals surface area contributed by atoms with Crippen molar-refractivity contribution in [2.24, 2.45) is 0 Å². The van der Waals surface area contributed by atoms with Gasteiger partial charge in [-0.05, 0) is 47.2 Å². The summed E-state index contributed by atoms with van der Waals surface area (Å²) in [5.41, 5.74) is 0.715. The first-order chi connectivity index (χ1) is 13.2. The van der Waals surface area contributed by atoms with Crippen molar-refractivity contribution in [2.45, 2.75) is 18.3 Å². The number of benzene rings is 2. The predicted molar refractivity (Wildman–Crippen MR) is 107 cm³/mol. The summed E-state index contributed by atoms with van der Waals surface area (Å²) < 4.78 is 66.9. The number of sulfone groups is 1. The lowest BCUT2D eigenvalue weighted by Crippen LogP contribution is -2.09. The van der Waals surface area contributed by atoms with Crippen molar-refractivity contribution >= 4 is 21.6 Å². The minimum absolute atomic E-state index is 0.149. The van der Waals surface area contributed by atoms with Crippen LogP contribution in [0.2, 0.25) is 0 Å². The van der Waals surface area contributed by atoms with Crippen LogP contribution in [-0.4, -0.2) is 27.0 Å². The minimum Gasteiger partial charge on any atom is -0.497 e. The fourth-order valence-corrected chi connectivity index (χ4v) is 4.45. The normalized spacial score (nSPS) is 12.4. The van der Waals surface area contributed by atoms with Crippen molar-refractivity contribution in [2.75, 3.05) is 18.6 Å². The number of methoxy groups -OCH3 is 1. The molecule has 0 saturated heterocycles. The van der Waals surface area contributed by atoms with Gasteiger partial charge in [-0.1, -0.05) is 30.3 Å². The molecule has 3 nitrogen and oxygen atoms in total. The second-order valence-corrected chi connectivity index (χ2v) is 9.21. The van der Waals surface area contributed by atoms with Crippen LogP contribution >= 0.6 is 11.8 Å². The van der Waals surface area contributed by atoms with Crippen LogP contribution in [0.25, 0.3) is 0 Å². The lowest BCUT2D eigenvalue weighted by molar-refractivity contribution is -0.137. The number of ether oxygens (including phenoxy) is 1. The fourth-order valence-electron chi connectivity index (χ4n) is 2.39. The third-order valence-electron chi connectivity index (χ3n) is 3.88. The second kappa shape index (κ2) is 10.0. The maximum Gasteiger partial charge on any atom is 0.416 e. The number of aryl methyl sites for hydroxylation is 1. The molecule has 0 amide bonds. The Balaban J connectivity index is 1.75. The Labute approximate surface area is 167 Å². The molecule has 0 fully saturated rings. The first-order valence-electron chi connectivity index (χ1n) is 8.46. The average Bonchev–Trinajstić information content (AvgIpc) is 2.64. The van der Waals surface area contributed by atoms with Gasteiger partial charge in [-0.25, -0.2) is 8.42 Å². The SMILES string of the molecule is COc1ccc(CCSC=CCS(=O)(=O)Cc2ccc(C(F)(F)F)cc2)cc1. The highest BCUT2D eigenvalue weighted by atomic mass is 32.2. The van der Waals surface area contributed by atoms with Crippen LogP contribution in [0.3, 0.4) is 0 Å². The molecule has 0 heterocycles. The monoisotopic (exact) mass is 430 g/mol. The van der Waals surface area contributed by atoms with Gasteiger partial charge < -0.3 is 4.74 Å². The predicted octanol–water partition coefficient (Wildman–Crippen LogP) is 5.12. The first-order valence-corrected chi connectivity index (χ1v) is 11.3. The van der Waals surface area contributed by atoms with Crippen LogP contribution in [0.4, 0.5) is 13.2 Å². The maximum absolute atomic E-state index is 12.5. The van der Waals surface area contributed by atoms with Crippen LogP contribution in [-0.2, 0) is 28.2 Å². The number of halogens is 3. The molecule has 0 N–H and O–H groups in total. The molecule has 0 saturated carbocycles. The highest BCUT2D eigenvalue weighted by Gasteiger charge is 2.30. The average molecular weight is 431 g/mol. The highest BCUT2D eigenvalue weighted by molar-refractivity contribution is 8.02. The lowest BCUT2D eigenvalue weighted by atomic mass is 10.1. The van der Waals surface area contributed by atoms with Gasteiger partial charge in [0.05, 0.1) is 24.2 Å². The Morgan fingerprint density at radius 2 is 1.61 bits per heavy atom. The molecule has 0 bridgehead atoms. The zero-order valence-corrected chi connectivity index (χ0v) is 16.9. The van der Waals surface area contributed by atoms with Crippen molar-refractivity contribution < 1.29 is 26.3 Å². The van der Waals surface area contributed by atoms with E-state index in [4.69, 9.17) is 4.74 Å². The third-order valence-corrected chi connectivity index (χ3v) is 6.18. The van der Waals surface area contributed by atoms with Crippen molar-refractivity contribution in [3.63, 3.8) is 0 Å². The quantitative estimate of drug-likeness (QED) is 0.518. The Bertz CT molecular complexity index is 872. The van der Waals surface area contributed by atoms with E-state index in [0.717, 1.165) is 35.6 Å². The Hall–Kier alpha value is -1.93. The molecule has 28 heavy (non-hydrogen) atoms. The van der Waals surface area contributed by atoms with Crippen molar-refractivity contribution in [1.29, 1.82) is 0 Å². The summed E-state index contributed by atoms with van der Waals surface area (Å²) in [6.45, 7) is 0. The van der Waals surface area contributed by atoms with Gasteiger partial charge in [0.25, 0.3) is 0 Å². The molecule has 0 aliphatic rings. The number of hydrogen-bond donors (Lipinski definition) is 0. The van der Waals surface area contributed by atoms with Crippen molar-refractivity contribution in [1.82, 2.24) is 0 Å². The molecule has 0 spiro atoms. The molecule has 0 atom stereocenters. The second-order valence-electron chi connectivity index (χ2n) is 6.09. The Morgan fingerprint density at radius 1 is 1.00 bits per heavy atom. The summed E-state index contributed by atoms with van der Waals surface area (Å²) >= 11 is 1.51. The van der Waals surface area contributed by atoms with Crippen molar-refractivity contribution in [3.05, 3.63) is 76.7 Å². The van der Waals surface area contributed by atoms with E-state index < -0.39 is 21.6 Å². The molecule has 0 radical (unpaired) electrons. The molecule has 8 heteroatoms. The van der Waals surface area contributed by atoms with E-state index in [9.17, 15) is 21.6 Å². The smallest absolute Gasteiger partial charge is 0.416 e. The van der Waals surface area contributed by atoms with Crippen LogP contribution in [0, 0.1) is 0 Å². The summed E-state index contributed by atoms with van der Waals surface area (Å²) in [6, 6.07) is 12.0. The molecule has 152 valence electrons. The summed E-state index contributed by atoms with van der Waals surface area (Å²) in [7, 11) is -1.81. The Kier molecular flexibility index (Phi) is 8.00. The van der Waals surface area contributed by atoms with E-state index in [1.807, 2.05) is 24.3 Å². The highest BCUT2D eigenvalue weighted by Crippen LogP contribution is 2.29. The largest absolute Gasteiger partial charge is 0.497 e. The molecule has 2 aromatic rings. The fraction of sp³-hybridized carbons (Fsp3) is 0.300. The summed E-state index contributed by atoms with van der Waals surface area (Å²) in [6.07, 6.45) is -2.02. The molecule has 0 aromatic heterocycles. The summed E-state index contributed by atoms with van der Waals surface area (Å²) in [4.78, 5) is 0. The van der Waals surface area contributed by atoms with E-state index in [-0.39, 0.29) is 11.5 Å². The number of rotatable bonds is 9. The molecule has 0 aliphatic heterocycles. The molecule has 2 rings (SSSR count). The zero-order valence-electron chi connectivity index (χ0n) is 15.3. The van der Waals surface area contributed by atoms with Gasteiger partial charge >= 0.3 is 6.18 Å². The zero-order chi connectivity index (χ0) is 20.6. The summed E-state index contributed by atoms with van der Waals surface area (Å²) in [5, 5.41) is 1.74. The molecule has 0 unspecified atom stereocenters. The van der Waals surface area contributed by atoms with E-state index in [0.29, 0.717) is 5.56 Å². The Morgan fingerprint density at radius 3 is 2.18 bits per heavy atom. The molecule has 0 aliphatic carbocycles. The minimum atomic E-state index is -4.43. The van der Waals surface area contributed by atoms with Gasteiger partial charge in [-0.3, -0.25) is 0 Å². The third kappa shape index (κ3) is 7.59. The van der Waals surface area contributed by atoms with Crippen molar-refractivity contribution in [3.8, 4) is 5.75 Å². The number of thioether (sulfide) groups is 1. The van der Waals surface area contributed by atoms with E-state index >= 15 is 0 Å². The van der Waals surface area contributed by atoms with Gasteiger partial charge in [0, 0.05) is 5.75 Å². The van der Waals surface area contributed by atoms with Crippen LogP contribution in [0.5, 0.6) is 5.75 Å². The van der Waals surface area contributed by atoms with E-state index in [1.54, 1.807) is 18.6 Å². The van der Waals surface area contributed by atoms with E-state index in [1.165, 1.54) is 23.9 Å². The first kappa shape index (κ1) is 22.4. The van der Waals surface area contributed by atoms with Crippen LogP contribution < -0.4 is 4.74 Å². The molecular weight excluding hydrogens is 409 g/mol. The topological polar surface area (TPSA) is 43.4 Å². The van der Waals surface area contributed by atoms with E-state index in [2.05, 4.69) is 0 Å². The molecule has 2 aromatic carbocycles. The van der Waals surface area contributed by atoms with Gasteiger partial charge in [-0.15, -0.1) is 11.8 Å². The number of hydrogen-bond acceptors (Lipinski definition) is 4. The number of alkyl halides is 3. The molecular formula is C20H21F3O3S2. The maximum atomic E-state index is 12.5. The van der Waals surface area contributed by atoms with Crippen LogP contribution in [0.15, 0.2) is 60.0 Å². The standard InChI is InChI=1S/C20H21F3O3S2/c1-26-19-9-5-16(6-10-19)11-13-27-12-2-14-28(24,25)15-17-3-7-18(8-4-17)20(21,22)23/h2-10,12H,11,13-15H2,1H3. The van der Waals surface area contributed by atoms with Gasteiger partial charge in [0.15, 0.2) is 9.84 Å². The van der Waals surface area contributed by atoms with Gasteiger partial charge in [0.2, 0.25) is 0 Å².